The zero-order chi connectivity index (χ0) is 15.9. The summed E-state index contributed by atoms with van der Waals surface area (Å²) >= 11 is 0. The van der Waals surface area contributed by atoms with Gasteiger partial charge in [0.25, 0.3) is 0 Å². The Hall–Kier alpha value is -2.09. The van der Waals surface area contributed by atoms with Crippen LogP contribution >= 0.6 is 0 Å². The average Bonchev–Trinajstić information content (AvgIpc) is 3.10. The van der Waals surface area contributed by atoms with E-state index in [0.717, 1.165) is 24.4 Å². The van der Waals surface area contributed by atoms with Crippen molar-refractivity contribution in [2.45, 2.75) is 38.5 Å². The Morgan fingerprint density at radius 2 is 1.57 bits per heavy atom. The summed E-state index contributed by atoms with van der Waals surface area (Å²) in [6, 6.07) is 18.6. The van der Waals surface area contributed by atoms with Gasteiger partial charge in [-0.1, -0.05) is 80.3 Å². The van der Waals surface area contributed by atoms with Crippen LogP contribution in [0.25, 0.3) is 11.1 Å². The molecule has 2 heteroatoms. The normalized spacial score (nSPS) is 14.8. The van der Waals surface area contributed by atoms with E-state index in [2.05, 4.69) is 41.7 Å². The number of benzene rings is 2. The van der Waals surface area contributed by atoms with Crippen LogP contribution in [0.4, 0.5) is 0 Å². The van der Waals surface area contributed by atoms with Crippen molar-refractivity contribution in [1.82, 2.24) is 5.32 Å². The van der Waals surface area contributed by atoms with Crippen molar-refractivity contribution in [3.8, 4) is 11.1 Å². The van der Waals surface area contributed by atoms with Gasteiger partial charge in [-0.2, -0.15) is 0 Å². The van der Waals surface area contributed by atoms with Gasteiger partial charge in [-0.15, -0.1) is 0 Å². The van der Waals surface area contributed by atoms with E-state index in [0.29, 0.717) is 6.42 Å². The SMILES string of the molecule is O=C(Cc1ccc(-c2ccccc2)cc1)NCCC1CCCC1. The van der Waals surface area contributed by atoms with Gasteiger partial charge < -0.3 is 5.32 Å². The number of carbonyl (C=O) groups excluding carboxylic acids is 1. The monoisotopic (exact) mass is 307 g/mol. The van der Waals surface area contributed by atoms with Crippen molar-refractivity contribution >= 4 is 5.91 Å². The molecule has 0 spiro atoms. The van der Waals surface area contributed by atoms with Crippen LogP contribution in [0.5, 0.6) is 0 Å². The summed E-state index contributed by atoms with van der Waals surface area (Å²) in [5, 5.41) is 3.07. The summed E-state index contributed by atoms with van der Waals surface area (Å²) in [4.78, 5) is 12.0. The zero-order valence-electron chi connectivity index (χ0n) is 13.6. The highest BCUT2D eigenvalue weighted by molar-refractivity contribution is 5.78. The van der Waals surface area contributed by atoms with Crippen LogP contribution in [0.2, 0.25) is 0 Å². The molecule has 1 amide bonds. The predicted molar refractivity (Wildman–Crippen MR) is 95.2 cm³/mol. The second-order valence-corrected chi connectivity index (χ2v) is 6.53. The first-order valence-electron chi connectivity index (χ1n) is 8.72. The quantitative estimate of drug-likeness (QED) is 0.830. The maximum absolute atomic E-state index is 12.0. The van der Waals surface area contributed by atoms with Gasteiger partial charge in [-0.3, -0.25) is 4.79 Å². The maximum Gasteiger partial charge on any atom is 0.224 e. The number of amides is 1. The largest absolute Gasteiger partial charge is 0.356 e. The van der Waals surface area contributed by atoms with E-state index in [1.165, 1.54) is 36.8 Å². The Balaban J connectivity index is 1.46. The highest BCUT2D eigenvalue weighted by Gasteiger charge is 2.14. The molecule has 3 rings (SSSR count). The lowest BCUT2D eigenvalue weighted by Crippen LogP contribution is -2.27. The molecule has 1 fully saturated rings. The highest BCUT2D eigenvalue weighted by atomic mass is 16.1. The molecule has 1 aliphatic carbocycles. The fourth-order valence-corrected chi connectivity index (χ4v) is 3.41. The van der Waals surface area contributed by atoms with E-state index in [1.807, 2.05) is 18.2 Å². The minimum Gasteiger partial charge on any atom is -0.356 e. The summed E-state index contributed by atoms with van der Waals surface area (Å²) in [6.07, 6.45) is 7.03. The van der Waals surface area contributed by atoms with E-state index in [4.69, 9.17) is 0 Å². The Bertz CT molecular complexity index is 612. The molecule has 2 aromatic rings. The van der Waals surface area contributed by atoms with Crippen LogP contribution in [0.1, 0.15) is 37.7 Å². The minimum atomic E-state index is 0.135. The molecule has 0 aliphatic heterocycles. The van der Waals surface area contributed by atoms with Gasteiger partial charge in [0.05, 0.1) is 6.42 Å². The fraction of sp³-hybridized carbons (Fsp3) is 0.381. The van der Waals surface area contributed by atoms with Crippen molar-refractivity contribution in [1.29, 1.82) is 0 Å². The molecule has 1 saturated carbocycles. The Morgan fingerprint density at radius 3 is 2.26 bits per heavy atom. The van der Waals surface area contributed by atoms with Gasteiger partial charge in [0.1, 0.15) is 0 Å². The number of rotatable bonds is 6. The standard InChI is InChI=1S/C21H25NO/c23-21(22-15-14-17-6-4-5-7-17)16-18-10-12-20(13-11-18)19-8-2-1-3-9-19/h1-3,8-13,17H,4-7,14-16H2,(H,22,23). The third-order valence-corrected chi connectivity index (χ3v) is 4.78. The van der Waals surface area contributed by atoms with Gasteiger partial charge in [0.15, 0.2) is 0 Å². The van der Waals surface area contributed by atoms with Crippen molar-refractivity contribution in [3.05, 3.63) is 60.2 Å². The first kappa shape index (κ1) is 15.8. The van der Waals surface area contributed by atoms with Crippen LogP contribution < -0.4 is 5.32 Å². The molecule has 2 aromatic carbocycles. The molecule has 0 unspecified atom stereocenters. The lowest BCUT2D eigenvalue weighted by atomic mass is 10.0. The molecule has 1 N–H and O–H groups in total. The smallest absolute Gasteiger partial charge is 0.224 e. The van der Waals surface area contributed by atoms with E-state index < -0.39 is 0 Å². The third kappa shape index (κ3) is 4.69. The van der Waals surface area contributed by atoms with Gasteiger partial charge in [-0.05, 0) is 29.0 Å². The molecule has 2 nitrogen and oxygen atoms in total. The average molecular weight is 307 g/mol. The Kier molecular flexibility index (Phi) is 5.46. The molecule has 1 aliphatic rings. The molecule has 0 radical (unpaired) electrons. The predicted octanol–water partition coefficient (Wildman–Crippen LogP) is 4.59. The van der Waals surface area contributed by atoms with Crippen molar-refractivity contribution < 1.29 is 4.79 Å². The van der Waals surface area contributed by atoms with Crippen molar-refractivity contribution in [3.63, 3.8) is 0 Å². The topological polar surface area (TPSA) is 29.1 Å². The van der Waals surface area contributed by atoms with Crippen molar-refractivity contribution in [2.24, 2.45) is 5.92 Å². The molecule has 0 saturated heterocycles. The van der Waals surface area contributed by atoms with E-state index >= 15 is 0 Å². The summed E-state index contributed by atoms with van der Waals surface area (Å²) < 4.78 is 0. The van der Waals surface area contributed by atoms with E-state index in [9.17, 15) is 4.79 Å². The third-order valence-electron chi connectivity index (χ3n) is 4.78. The fourth-order valence-electron chi connectivity index (χ4n) is 3.41. The van der Waals surface area contributed by atoms with E-state index in [-0.39, 0.29) is 5.91 Å². The first-order chi connectivity index (χ1) is 11.3. The first-order valence-corrected chi connectivity index (χ1v) is 8.72. The van der Waals surface area contributed by atoms with Crippen molar-refractivity contribution in [2.75, 3.05) is 6.54 Å². The van der Waals surface area contributed by atoms with Gasteiger partial charge in [0.2, 0.25) is 5.91 Å². The van der Waals surface area contributed by atoms with E-state index in [1.54, 1.807) is 0 Å². The molecule has 0 aromatic heterocycles. The van der Waals surface area contributed by atoms with Gasteiger partial charge in [-0.25, -0.2) is 0 Å². The van der Waals surface area contributed by atoms with Gasteiger partial charge >= 0.3 is 0 Å². The number of carbonyl (C=O) groups is 1. The Labute approximate surface area is 138 Å². The zero-order valence-corrected chi connectivity index (χ0v) is 13.6. The second kappa shape index (κ2) is 7.96. The van der Waals surface area contributed by atoms with Crippen LogP contribution in [-0.2, 0) is 11.2 Å². The molecule has 0 heterocycles. The highest BCUT2D eigenvalue weighted by Crippen LogP contribution is 2.26. The number of hydrogen-bond acceptors (Lipinski definition) is 1. The molecule has 120 valence electrons. The van der Waals surface area contributed by atoms with Gasteiger partial charge in [0, 0.05) is 6.54 Å². The molecular weight excluding hydrogens is 282 g/mol. The summed E-state index contributed by atoms with van der Waals surface area (Å²) in [7, 11) is 0. The van der Waals surface area contributed by atoms with Crippen LogP contribution in [0.15, 0.2) is 54.6 Å². The molecular formula is C21H25NO. The summed E-state index contributed by atoms with van der Waals surface area (Å²) in [6.45, 7) is 0.825. The molecule has 0 bridgehead atoms. The molecule has 23 heavy (non-hydrogen) atoms. The second-order valence-electron chi connectivity index (χ2n) is 6.53. The lowest BCUT2D eigenvalue weighted by molar-refractivity contribution is -0.120. The molecule has 0 atom stereocenters. The lowest BCUT2D eigenvalue weighted by Gasteiger charge is -2.10. The van der Waals surface area contributed by atoms with Crippen LogP contribution in [0.3, 0.4) is 0 Å². The number of hydrogen-bond donors (Lipinski definition) is 1. The van der Waals surface area contributed by atoms with Crippen LogP contribution in [0, 0.1) is 5.92 Å². The number of nitrogens with one attached hydrogen (secondary N) is 1. The Morgan fingerprint density at radius 1 is 0.913 bits per heavy atom. The summed E-state index contributed by atoms with van der Waals surface area (Å²) in [5.41, 5.74) is 3.47. The van der Waals surface area contributed by atoms with Crippen LogP contribution in [-0.4, -0.2) is 12.5 Å². The maximum atomic E-state index is 12.0. The summed E-state index contributed by atoms with van der Waals surface area (Å²) in [5.74, 6) is 0.968. The minimum absolute atomic E-state index is 0.135.